The second-order valence-electron chi connectivity index (χ2n) is 9.71. The number of aromatic nitrogens is 4. The molecule has 2 aromatic heterocycles. The molecular weight excluding hydrogens is 596 g/mol. The number of carbonyl (C=O) groups is 3. The quantitative estimate of drug-likeness (QED) is 0.0324. The number of nitrogens with two attached hydrogens (primary N) is 2. The SMILES string of the molecule is N=C(N)NCCCNCc1cnn(CC2C(NC(=O)/C(=N\CC3(C(=O)O)CC3)c3csc(N)n3)C(=O)N2S(=O)(=O)O)n1. The number of nitrogens with zero attached hydrogens (tertiary/aromatic N) is 6. The Kier molecular flexibility index (Phi) is 9.03. The van der Waals surface area contributed by atoms with Gasteiger partial charge in [0.1, 0.15) is 23.5 Å². The number of aliphatic imine (C=N–C) groups is 1. The molecule has 228 valence electrons. The average Bonchev–Trinajstić information content (AvgIpc) is 3.37. The van der Waals surface area contributed by atoms with Gasteiger partial charge in [0, 0.05) is 18.5 Å². The number of aliphatic carboxylic acids is 1. The van der Waals surface area contributed by atoms with E-state index < -0.39 is 45.6 Å². The van der Waals surface area contributed by atoms with Gasteiger partial charge in [0.15, 0.2) is 11.1 Å². The summed E-state index contributed by atoms with van der Waals surface area (Å²) in [7, 11) is -4.98. The van der Waals surface area contributed by atoms with Gasteiger partial charge in [-0.2, -0.15) is 23.4 Å². The summed E-state index contributed by atoms with van der Waals surface area (Å²) in [6.07, 6.45) is 2.88. The van der Waals surface area contributed by atoms with E-state index in [0.29, 0.717) is 44.6 Å². The fraction of sp³-hybridized carbons (Fsp3) is 0.524. The summed E-state index contributed by atoms with van der Waals surface area (Å²) in [6.45, 7) is 0.906. The van der Waals surface area contributed by atoms with Gasteiger partial charge >= 0.3 is 16.3 Å². The highest BCUT2D eigenvalue weighted by Gasteiger charge is 2.55. The minimum Gasteiger partial charge on any atom is -0.481 e. The molecule has 3 heterocycles. The number of hydrogen-bond donors (Lipinski definition) is 8. The zero-order chi connectivity index (χ0) is 30.7. The Balaban J connectivity index is 1.45. The molecule has 0 radical (unpaired) electrons. The number of anilines is 1. The molecule has 10 N–H and O–H groups in total. The van der Waals surface area contributed by atoms with Crippen LogP contribution in [0.4, 0.5) is 5.13 Å². The second-order valence-corrected chi connectivity index (χ2v) is 11.9. The Morgan fingerprint density at radius 1 is 1.31 bits per heavy atom. The Morgan fingerprint density at radius 3 is 2.64 bits per heavy atom. The summed E-state index contributed by atoms with van der Waals surface area (Å²) in [5.41, 5.74) is 10.1. The van der Waals surface area contributed by atoms with E-state index in [2.05, 4.69) is 36.1 Å². The predicted molar refractivity (Wildman–Crippen MR) is 148 cm³/mol. The van der Waals surface area contributed by atoms with Gasteiger partial charge in [0.05, 0.1) is 30.4 Å². The first-order valence-electron chi connectivity index (χ1n) is 12.6. The van der Waals surface area contributed by atoms with E-state index in [4.69, 9.17) is 16.9 Å². The van der Waals surface area contributed by atoms with E-state index in [-0.39, 0.29) is 39.9 Å². The first kappa shape index (κ1) is 30.7. The van der Waals surface area contributed by atoms with E-state index in [1.807, 2.05) is 0 Å². The summed E-state index contributed by atoms with van der Waals surface area (Å²) < 4.78 is 33.7. The van der Waals surface area contributed by atoms with Gasteiger partial charge in [-0.25, -0.2) is 9.29 Å². The lowest BCUT2D eigenvalue weighted by molar-refractivity contribution is -0.145. The summed E-state index contributed by atoms with van der Waals surface area (Å²) in [4.78, 5) is 47.0. The topological polar surface area (TPSA) is 297 Å². The number of hydrogen-bond acceptors (Lipinski definition) is 13. The normalized spacial score (nSPS) is 19.7. The van der Waals surface area contributed by atoms with Crippen molar-refractivity contribution < 1.29 is 32.5 Å². The van der Waals surface area contributed by atoms with Crippen molar-refractivity contribution in [2.75, 3.05) is 25.4 Å². The minimum absolute atomic E-state index is 0.0640. The van der Waals surface area contributed by atoms with Crippen LogP contribution in [0.1, 0.15) is 30.7 Å². The number of guanidine groups is 1. The summed E-state index contributed by atoms with van der Waals surface area (Å²) in [6, 6.07) is -2.69. The summed E-state index contributed by atoms with van der Waals surface area (Å²) >= 11 is 1.02. The molecule has 2 fully saturated rings. The zero-order valence-electron chi connectivity index (χ0n) is 22.1. The standard InChI is InChI=1S/C21H30N12O7S2/c22-19(23)26-5-1-4-25-6-11-7-28-32(31-11)8-13-15(17(35)33(13)42(38,39)40)30-16(34)14(12-9-41-20(24)29-12)27-10-21(2-3-21)18(36)37/h7,9,13,15,25H,1-6,8,10H2,(H2,24,29)(H,30,34)(H,36,37)(H4,22,23,26)(H,38,39,40)/b27-14-. The smallest absolute Gasteiger partial charge is 0.362 e. The van der Waals surface area contributed by atoms with Crippen LogP contribution in [0.25, 0.3) is 0 Å². The maximum atomic E-state index is 13.3. The van der Waals surface area contributed by atoms with Gasteiger partial charge in [0.2, 0.25) is 0 Å². The third-order valence-corrected chi connectivity index (χ3v) is 8.24. The Hall–Kier alpha value is -4.21. The van der Waals surface area contributed by atoms with Crippen LogP contribution in [-0.2, 0) is 37.8 Å². The minimum atomic E-state index is -4.98. The number of rotatable bonds is 15. The lowest BCUT2D eigenvalue weighted by Crippen LogP contribution is -2.73. The second kappa shape index (κ2) is 12.3. The van der Waals surface area contributed by atoms with E-state index in [0.717, 1.165) is 16.1 Å². The molecule has 2 atom stereocenters. The first-order valence-corrected chi connectivity index (χ1v) is 14.9. The monoisotopic (exact) mass is 626 g/mol. The van der Waals surface area contributed by atoms with Crippen LogP contribution in [0, 0.1) is 10.8 Å². The van der Waals surface area contributed by atoms with Gasteiger partial charge in [-0.05, 0) is 25.8 Å². The Bertz CT molecular complexity index is 1500. The highest BCUT2D eigenvalue weighted by molar-refractivity contribution is 7.84. The van der Waals surface area contributed by atoms with Gasteiger partial charge < -0.3 is 32.5 Å². The molecule has 21 heteroatoms. The lowest BCUT2D eigenvalue weighted by Gasteiger charge is -2.43. The molecule has 42 heavy (non-hydrogen) atoms. The molecular formula is C21H30N12O7S2. The number of nitrogens with one attached hydrogen (secondary N) is 4. The molecule has 0 bridgehead atoms. The number of amides is 2. The molecule has 1 aliphatic carbocycles. The fourth-order valence-electron chi connectivity index (χ4n) is 4.16. The molecule has 4 rings (SSSR count). The van der Waals surface area contributed by atoms with Crippen LogP contribution in [0.2, 0.25) is 0 Å². The maximum absolute atomic E-state index is 13.3. The number of β-lactam (4-membered cyclic amide) rings is 1. The van der Waals surface area contributed by atoms with Crippen LogP contribution in [0.15, 0.2) is 16.6 Å². The molecule has 1 saturated carbocycles. The Morgan fingerprint density at radius 2 is 2.05 bits per heavy atom. The van der Waals surface area contributed by atoms with Crippen molar-refractivity contribution in [3.8, 4) is 0 Å². The third kappa shape index (κ3) is 7.16. The zero-order valence-corrected chi connectivity index (χ0v) is 23.7. The number of carboxylic acids is 1. The van der Waals surface area contributed by atoms with Crippen LogP contribution >= 0.6 is 11.3 Å². The predicted octanol–water partition coefficient (Wildman–Crippen LogP) is -2.87. The van der Waals surface area contributed by atoms with E-state index in [1.54, 1.807) is 0 Å². The molecule has 0 aromatic carbocycles. The van der Waals surface area contributed by atoms with Crippen LogP contribution < -0.4 is 27.4 Å². The highest BCUT2D eigenvalue weighted by Crippen LogP contribution is 2.46. The molecule has 19 nitrogen and oxygen atoms in total. The summed E-state index contributed by atoms with van der Waals surface area (Å²) in [5.74, 6) is -3.17. The van der Waals surface area contributed by atoms with E-state index in [9.17, 15) is 32.5 Å². The van der Waals surface area contributed by atoms with Crippen molar-refractivity contribution in [1.29, 1.82) is 5.41 Å². The van der Waals surface area contributed by atoms with E-state index >= 15 is 0 Å². The molecule has 2 amide bonds. The van der Waals surface area contributed by atoms with Crippen molar-refractivity contribution in [3.05, 3.63) is 23.0 Å². The van der Waals surface area contributed by atoms with Gasteiger partial charge in [-0.1, -0.05) is 0 Å². The van der Waals surface area contributed by atoms with Crippen molar-refractivity contribution in [2.45, 2.75) is 44.4 Å². The van der Waals surface area contributed by atoms with Gasteiger partial charge in [0.25, 0.3) is 11.8 Å². The largest absolute Gasteiger partial charge is 0.481 e. The average molecular weight is 627 g/mol. The molecule has 1 saturated heterocycles. The highest BCUT2D eigenvalue weighted by atomic mass is 32.2. The molecule has 2 aromatic rings. The number of nitrogen functional groups attached to an aromatic ring is 1. The summed E-state index contributed by atoms with van der Waals surface area (Å²) in [5, 5.41) is 34.7. The van der Waals surface area contributed by atoms with Crippen molar-refractivity contribution >= 4 is 56.2 Å². The van der Waals surface area contributed by atoms with E-state index in [1.165, 1.54) is 11.6 Å². The van der Waals surface area contributed by atoms with Crippen LogP contribution in [0.5, 0.6) is 0 Å². The maximum Gasteiger partial charge on any atom is 0.362 e. The molecule has 2 unspecified atom stereocenters. The van der Waals surface area contributed by atoms with Crippen molar-refractivity contribution in [2.24, 2.45) is 16.1 Å². The van der Waals surface area contributed by atoms with Crippen LogP contribution in [-0.4, -0.2) is 104 Å². The number of thiazole rings is 1. The van der Waals surface area contributed by atoms with Gasteiger partial charge in [-0.15, -0.1) is 11.3 Å². The molecule has 2 aliphatic rings. The van der Waals surface area contributed by atoms with Crippen molar-refractivity contribution in [3.63, 3.8) is 0 Å². The number of carboxylic acid groups (broad SMARTS) is 1. The van der Waals surface area contributed by atoms with Crippen molar-refractivity contribution in [1.82, 2.24) is 40.2 Å². The van der Waals surface area contributed by atoms with Gasteiger partial charge in [-0.3, -0.25) is 29.3 Å². The molecule has 0 spiro atoms. The fourth-order valence-corrected chi connectivity index (χ4v) is 5.58. The Labute approximate surface area is 243 Å². The molecule has 1 aliphatic heterocycles. The first-order chi connectivity index (χ1) is 19.8. The third-order valence-electron chi connectivity index (χ3n) is 6.62. The number of carbonyl (C=O) groups excluding carboxylic acids is 2. The van der Waals surface area contributed by atoms with Crippen LogP contribution in [0.3, 0.4) is 0 Å². The lowest BCUT2D eigenvalue weighted by atomic mass is 9.98.